The summed E-state index contributed by atoms with van der Waals surface area (Å²) in [6, 6.07) is 15.3. The SMILES string of the molecule is CC1=C(C#N)C(=O)N(CC2CCCO2)C(=O)/C1=C/c1ccc(OCc2ccccc2F)cc1. The number of nitrogens with zero attached hydrogens (tertiary/aromatic N) is 2. The maximum absolute atomic E-state index is 13.8. The number of benzene rings is 2. The van der Waals surface area contributed by atoms with Gasteiger partial charge in [0.2, 0.25) is 0 Å². The van der Waals surface area contributed by atoms with Crippen LogP contribution in [0.25, 0.3) is 6.08 Å². The monoisotopic (exact) mass is 446 g/mol. The van der Waals surface area contributed by atoms with E-state index in [0.717, 1.165) is 17.7 Å². The van der Waals surface area contributed by atoms with Crippen LogP contribution in [-0.2, 0) is 20.9 Å². The summed E-state index contributed by atoms with van der Waals surface area (Å²) in [5, 5.41) is 9.52. The second-order valence-corrected chi connectivity index (χ2v) is 7.97. The van der Waals surface area contributed by atoms with Gasteiger partial charge in [0.15, 0.2) is 0 Å². The van der Waals surface area contributed by atoms with Crippen LogP contribution in [0.2, 0.25) is 0 Å². The molecule has 33 heavy (non-hydrogen) atoms. The molecule has 1 atom stereocenters. The lowest BCUT2D eigenvalue weighted by Gasteiger charge is -2.29. The van der Waals surface area contributed by atoms with E-state index in [1.54, 1.807) is 55.5 Å². The van der Waals surface area contributed by atoms with E-state index < -0.39 is 11.8 Å². The van der Waals surface area contributed by atoms with E-state index in [1.165, 1.54) is 6.07 Å². The number of rotatable bonds is 6. The van der Waals surface area contributed by atoms with Gasteiger partial charge in [0, 0.05) is 17.7 Å². The van der Waals surface area contributed by atoms with Gasteiger partial charge in [0.25, 0.3) is 11.8 Å². The zero-order valence-electron chi connectivity index (χ0n) is 18.2. The highest BCUT2D eigenvalue weighted by atomic mass is 19.1. The van der Waals surface area contributed by atoms with Crippen molar-refractivity contribution in [1.29, 1.82) is 5.26 Å². The van der Waals surface area contributed by atoms with Crippen LogP contribution in [0.4, 0.5) is 4.39 Å². The Morgan fingerprint density at radius 2 is 1.94 bits per heavy atom. The maximum Gasteiger partial charge on any atom is 0.271 e. The van der Waals surface area contributed by atoms with Crippen LogP contribution >= 0.6 is 0 Å². The van der Waals surface area contributed by atoms with Crippen LogP contribution in [0.1, 0.15) is 30.9 Å². The smallest absolute Gasteiger partial charge is 0.271 e. The van der Waals surface area contributed by atoms with E-state index in [9.17, 15) is 19.2 Å². The predicted octanol–water partition coefficient (Wildman–Crippen LogP) is 4.18. The molecule has 0 radical (unpaired) electrons. The van der Waals surface area contributed by atoms with Gasteiger partial charge < -0.3 is 9.47 Å². The topological polar surface area (TPSA) is 79.6 Å². The van der Waals surface area contributed by atoms with E-state index in [-0.39, 0.29) is 30.6 Å². The minimum absolute atomic E-state index is 0.0383. The molecule has 6 nitrogen and oxygen atoms in total. The first-order valence-corrected chi connectivity index (χ1v) is 10.7. The molecule has 1 fully saturated rings. The number of carbonyl (C=O) groups excluding carboxylic acids is 2. The fourth-order valence-electron chi connectivity index (χ4n) is 3.89. The molecule has 168 valence electrons. The summed E-state index contributed by atoms with van der Waals surface area (Å²) in [5.74, 6) is -0.792. The molecule has 0 N–H and O–H groups in total. The molecule has 2 heterocycles. The van der Waals surface area contributed by atoms with Crippen molar-refractivity contribution >= 4 is 17.9 Å². The van der Waals surface area contributed by atoms with Crippen LogP contribution in [0.15, 0.2) is 65.3 Å². The minimum atomic E-state index is -0.579. The predicted molar refractivity (Wildman–Crippen MR) is 119 cm³/mol. The summed E-state index contributed by atoms with van der Waals surface area (Å²) >= 11 is 0. The molecule has 7 heteroatoms. The van der Waals surface area contributed by atoms with E-state index in [1.807, 2.05) is 6.07 Å². The molecule has 0 bridgehead atoms. The Morgan fingerprint density at radius 3 is 2.61 bits per heavy atom. The van der Waals surface area contributed by atoms with Crippen molar-refractivity contribution in [3.63, 3.8) is 0 Å². The average Bonchev–Trinajstić information content (AvgIpc) is 3.34. The summed E-state index contributed by atoms with van der Waals surface area (Å²) in [7, 11) is 0. The van der Waals surface area contributed by atoms with Gasteiger partial charge in [-0.3, -0.25) is 14.5 Å². The Hall–Kier alpha value is -3.76. The van der Waals surface area contributed by atoms with Gasteiger partial charge in [-0.05, 0) is 55.2 Å². The Bertz CT molecular complexity index is 1170. The normalized spacial score (nSPS) is 19.8. The Labute approximate surface area is 191 Å². The number of carbonyl (C=O) groups is 2. The van der Waals surface area contributed by atoms with Crippen molar-refractivity contribution in [2.45, 2.75) is 32.5 Å². The lowest BCUT2D eigenvalue weighted by molar-refractivity contribution is -0.142. The Morgan fingerprint density at radius 1 is 1.18 bits per heavy atom. The van der Waals surface area contributed by atoms with Crippen molar-refractivity contribution in [2.75, 3.05) is 13.2 Å². The summed E-state index contributed by atoms with van der Waals surface area (Å²) < 4.78 is 25.0. The summed E-state index contributed by atoms with van der Waals surface area (Å²) in [6.07, 6.45) is 3.11. The van der Waals surface area contributed by atoms with Gasteiger partial charge in [0.05, 0.1) is 12.6 Å². The number of hydrogen-bond acceptors (Lipinski definition) is 5. The molecule has 2 aromatic carbocycles. The van der Waals surface area contributed by atoms with Crippen LogP contribution in [0, 0.1) is 17.1 Å². The lowest BCUT2D eigenvalue weighted by atomic mass is 9.93. The zero-order valence-corrected chi connectivity index (χ0v) is 18.2. The van der Waals surface area contributed by atoms with E-state index in [2.05, 4.69) is 0 Å². The molecule has 0 spiro atoms. The highest BCUT2D eigenvalue weighted by Gasteiger charge is 2.37. The number of imide groups is 1. The largest absolute Gasteiger partial charge is 0.489 e. The third-order valence-electron chi connectivity index (χ3n) is 5.78. The maximum atomic E-state index is 13.8. The summed E-state index contributed by atoms with van der Waals surface area (Å²) in [5.41, 5.74) is 1.78. The molecule has 4 rings (SSSR count). The number of halogens is 1. The minimum Gasteiger partial charge on any atom is -0.489 e. The fraction of sp³-hybridized carbons (Fsp3) is 0.269. The standard InChI is InChI=1S/C26H23FN2O4/c1-17-22(25(30)29(26(31)23(17)14-28)15-21-6-4-12-32-21)13-18-8-10-20(11-9-18)33-16-19-5-2-3-7-24(19)27/h2-3,5,7-11,13,21H,4,6,12,15-16H2,1H3/b22-13+. The third kappa shape index (κ3) is 4.86. The Kier molecular flexibility index (Phi) is 6.66. The van der Waals surface area contributed by atoms with Crippen molar-refractivity contribution < 1.29 is 23.5 Å². The van der Waals surface area contributed by atoms with Crippen molar-refractivity contribution in [2.24, 2.45) is 0 Å². The first-order valence-electron chi connectivity index (χ1n) is 10.7. The molecule has 0 saturated carbocycles. The van der Waals surface area contributed by atoms with E-state index in [0.29, 0.717) is 34.6 Å². The van der Waals surface area contributed by atoms with Gasteiger partial charge >= 0.3 is 0 Å². The van der Waals surface area contributed by atoms with Crippen molar-refractivity contribution in [3.8, 4) is 11.8 Å². The van der Waals surface area contributed by atoms with Gasteiger partial charge in [-0.1, -0.05) is 30.3 Å². The van der Waals surface area contributed by atoms with Crippen molar-refractivity contribution in [3.05, 3.63) is 82.2 Å². The third-order valence-corrected chi connectivity index (χ3v) is 5.78. The zero-order chi connectivity index (χ0) is 23.4. The highest BCUT2D eigenvalue weighted by Crippen LogP contribution is 2.29. The molecule has 2 amide bonds. The molecule has 2 aliphatic heterocycles. The fourth-order valence-corrected chi connectivity index (χ4v) is 3.89. The summed E-state index contributed by atoms with van der Waals surface area (Å²) in [4.78, 5) is 27.0. The van der Waals surface area contributed by atoms with Crippen LogP contribution in [-0.4, -0.2) is 36.0 Å². The number of amides is 2. The summed E-state index contributed by atoms with van der Waals surface area (Å²) in [6.45, 7) is 2.44. The second-order valence-electron chi connectivity index (χ2n) is 7.97. The molecule has 2 aliphatic rings. The van der Waals surface area contributed by atoms with Gasteiger partial charge in [-0.15, -0.1) is 0 Å². The molecule has 2 aromatic rings. The first-order chi connectivity index (χ1) is 16.0. The Balaban J connectivity index is 1.54. The van der Waals surface area contributed by atoms with Gasteiger partial charge in [0.1, 0.15) is 29.8 Å². The first kappa shape index (κ1) is 22.4. The highest BCUT2D eigenvalue weighted by molar-refractivity contribution is 6.19. The number of nitriles is 1. The number of ether oxygens (including phenoxy) is 2. The molecular formula is C26H23FN2O4. The van der Waals surface area contributed by atoms with Gasteiger partial charge in [-0.2, -0.15) is 5.26 Å². The van der Waals surface area contributed by atoms with Crippen LogP contribution in [0.5, 0.6) is 5.75 Å². The molecule has 1 saturated heterocycles. The molecule has 0 aromatic heterocycles. The quantitative estimate of drug-likeness (QED) is 0.491. The van der Waals surface area contributed by atoms with Crippen LogP contribution in [0.3, 0.4) is 0 Å². The average molecular weight is 446 g/mol. The molecule has 1 unspecified atom stereocenters. The van der Waals surface area contributed by atoms with E-state index >= 15 is 0 Å². The molecule has 0 aliphatic carbocycles. The number of hydrogen-bond donors (Lipinski definition) is 0. The second kappa shape index (κ2) is 9.80. The molecular weight excluding hydrogens is 423 g/mol. The van der Waals surface area contributed by atoms with Crippen molar-refractivity contribution in [1.82, 2.24) is 4.90 Å². The lowest BCUT2D eigenvalue weighted by Crippen LogP contribution is -2.46. The van der Waals surface area contributed by atoms with Crippen LogP contribution < -0.4 is 4.74 Å². The van der Waals surface area contributed by atoms with Gasteiger partial charge in [-0.25, -0.2) is 4.39 Å². The van der Waals surface area contributed by atoms with E-state index in [4.69, 9.17) is 9.47 Å².